The number of nitrogens with one attached hydrogen (secondary N) is 1. The fraction of sp³-hybridized carbons (Fsp3) is 0.300. The highest BCUT2D eigenvalue weighted by Gasteiger charge is 2.22. The van der Waals surface area contributed by atoms with Gasteiger partial charge in [0.1, 0.15) is 17.8 Å². The normalized spacial score (nSPS) is 12.3. The predicted molar refractivity (Wildman–Crippen MR) is 102 cm³/mol. The van der Waals surface area contributed by atoms with E-state index in [-0.39, 0.29) is 0 Å². The zero-order chi connectivity index (χ0) is 18.5. The topological polar surface area (TPSA) is 72.2 Å². The lowest BCUT2D eigenvalue weighted by molar-refractivity contribution is -0.101. The van der Waals surface area contributed by atoms with Crippen LogP contribution in [0.25, 0.3) is 5.69 Å². The number of para-hydroxylation sites is 1. The molecule has 0 saturated heterocycles. The summed E-state index contributed by atoms with van der Waals surface area (Å²) >= 11 is 0. The average molecular weight is 352 g/mol. The Kier molecular flexibility index (Phi) is 5.65. The van der Waals surface area contributed by atoms with Crippen LogP contribution in [0.15, 0.2) is 55.0 Å². The minimum Gasteiger partial charge on any atom is -0.363 e. The van der Waals surface area contributed by atoms with E-state index in [1.165, 1.54) is 0 Å². The molecule has 1 atom stereocenters. The standard InChI is InChI=1S/C20H24N4O2/c1-4-26-20(25)17-19(22-13-24(17)15-9-6-5-7-10-15)23-18-16(14(2)3)11-8-12-21-18/h5-14,20,25H,4H2,1-3H3,(H,21,23). The number of imidazole rings is 1. The van der Waals surface area contributed by atoms with Crippen molar-refractivity contribution in [3.05, 3.63) is 66.2 Å². The summed E-state index contributed by atoms with van der Waals surface area (Å²) in [6, 6.07) is 13.7. The molecule has 0 amide bonds. The lowest BCUT2D eigenvalue weighted by atomic mass is 10.0. The molecule has 1 aromatic carbocycles. The lowest BCUT2D eigenvalue weighted by Gasteiger charge is -2.17. The van der Waals surface area contributed by atoms with Gasteiger partial charge in [-0.15, -0.1) is 0 Å². The van der Waals surface area contributed by atoms with Gasteiger partial charge in [-0.2, -0.15) is 0 Å². The van der Waals surface area contributed by atoms with Crippen LogP contribution in [-0.4, -0.2) is 26.2 Å². The molecule has 0 fully saturated rings. The fourth-order valence-electron chi connectivity index (χ4n) is 2.82. The van der Waals surface area contributed by atoms with Crippen LogP contribution in [0.2, 0.25) is 0 Å². The van der Waals surface area contributed by atoms with Gasteiger partial charge in [0.05, 0.1) is 0 Å². The van der Waals surface area contributed by atoms with E-state index in [9.17, 15) is 5.11 Å². The third-order valence-corrected chi connectivity index (χ3v) is 4.10. The van der Waals surface area contributed by atoms with Gasteiger partial charge in [-0.25, -0.2) is 9.97 Å². The molecular weight excluding hydrogens is 328 g/mol. The molecule has 0 bridgehead atoms. The summed E-state index contributed by atoms with van der Waals surface area (Å²) < 4.78 is 7.26. The number of nitrogens with zero attached hydrogens (tertiary/aromatic N) is 3. The minimum atomic E-state index is -1.10. The van der Waals surface area contributed by atoms with Gasteiger partial charge in [0.15, 0.2) is 5.82 Å². The summed E-state index contributed by atoms with van der Waals surface area (Å²) in [4.78, 5) is 8.90. The molecule has 136 valence electrons. The van der Waals surface area contributed by atoms with Gasteiger partial charge in [-0.1, -0.05) is 38.1 Å². The molecule has 1 unspecified atom stereocenters. The molecule has 3 aromatic rings. The summed E-state index contributed by atoms with van der Waals surface area (Å²) in [5.41, 5.74) is 2.52. The Morgan fingerprint density at radius 1 is 1.08 bits per heavy atom. The van der Waals surface area contributed by atoms with Gasteiger partial charge < -0.3 is 15.2 Å². The van der Waals surface area contributed by atoms with Crippen molar-refractivity contribution >= 4 is 11.6 Å². The number of aromatic nitrogens is 3. The number of ether oxygens (including phenoxy) is 1. The van der Waals surface area contributed by atoms with E-state index in [1.807, 2.05) is 54.0 Å². The number of hydrogen-bond donors (Lipinski definition) is 2. The SMILES string of the molecule is CCOC(O)c1c(Nc2ncccc2C(C)C)ncn1-c1ccccc1. The molecule has 0 saturated carbocycles. The second-order valence-electron chi connectivity index (χ2n) is 6.21. The molecule has 2 heterocycles. The van der Waals surface area contributed by atoms with Crippen molar-refractivity contribution in [3.8, 4) is 5.69 Å². The van der Waals surface area contributed by atoms with Gasteiger partial charge in [-0.05, 0) is 36.6 Å². The highest BCUT2D eigenvalue weighted by molar-refractivity contribution is 5.60. The van der Waals surface area contributed by atoms with E-state index >= 15 is 0 Å². The quantitative estimate of drug-likeness (QED) is 0.625. The van der Waals surface area contributed by atoms with E-state index in [0.717, 1.165) is 17.1 Å². The molecule has 6 heteroatoms. The smallest absolute Gasteiger partial charge is 0.200 e. The van der Waals surface area contributed by atoms with Crippen LogP contribution < -0.4 is 5.32 Å². The van der Waals surface area contributed by atoms with Crippen LogP contribution in [0.4, 0.5) is 11.6 Å². The third-order valence-electron chi connectivity index (χ3n) is 4.10. The van der Waals surface area contributed by atoms with Gasteiger partial charge >= 0.3 is 0 Å². The van der Waals surface area contributed by atoms with Crippen molar-refractivity contribution in [2.45, 2.75) is 33.0 Å². The summed E-state index contributed by atoms with van der Waals surface area (Å²) in [5.74, 6) is 1.56. The molecule has 2 aromatic heterocycles. The zero-order valence-electron chi connectivity index (χ0n) is 15.3. The maximum Gasteiger partial charge on any atom is 0.200 e. The van der Waals surface area contributed by atoms with E-state index in [0.29, 0.717) is 24.0 Å². The summed E-state index contributed by atoms with van der Waals surface area (Å²) in [6.07, 6.45) is 2.31. The molecule has 26 heavy (non-hydrogen) atoms. The number of pyridine rings is 1. The molecule has 6 nitrogen and oxygen atoms in total. The highest BCUT2D eigenvalue weighted by atomic mass is 16.6. The molecule has 0 aliphatic heterocycles. The molecule has 0 aliphatic carbocycles. The summed E-state index contributed by atoms with van der Waals surface area (Å²) in [5, 5.41) is 13.8. The number of hydrogen-bond acceptors (Lipinski definition) is 5. The van der Waals surface area contributed by atoms with E-state index in [2.05, 4.69) is 29.1 Å². The Labute approximate surface area is 153 Å². The number of rotatable bonds is 7. The van der Waals surface area contributed by atoms with Gasteiger partial charge in [0, 0.05) is 18.5 Å². The van der Waals surface area contributed by atoms with E-state index in [1.54, 1.807) is 12.5 Å². The predicted octanol–water partition coefficient (Wildman–Crippen LogP) is 4.16. The van der Waals surface area contributed by atoms with Crippen molar-refractivity contribution in [2.75, 3.05) is 11.9 Å². The molecular formula is C20H24N4O2. The molecule has 0 radical (unpaired) electrons. The third kappa shape index (κ3) is 3.76. The van der Waals surface area contributed by atoms with Crippen molar-refractivity contribution in [3.63, 3.8) is 0 Å². The Morgan fingerprint density at radius 3 is 2.54 bits per heavy atom. The Bertz CT molecular complexity index is 846. The molecule has 3 rings (SSSR count). The minimum absolute atomic E-state index is 0.308. The van der Waals surface area contributed by atoms with Gasteiger partial charge in [-0.3, -0.25) is 4.57 Å². The first-order valence-electron chi connectivity index (χ1n) is 8.76. The zero-order valence-corrected chi connectivity index (χ0v) is 15.3. The monoisotopic (exact) mass is 352 g/mol. The van der Waals surface area contributed by atoms with Crippen LogP contribution in [0.1, 0.15) is 44.2 Å². The van der Waals surface area contributed by atoms with Crippen molar-refractivity contribution < 1.29 is 9.84 Å². The number of aliphatic hydroxyl groups is 1. The number of aliphatic hydroxyl groups excluding tert-OH is 1. The van der Waals surface area contributed by atoms with Gasteiger partial charge in [0.25, 0.3) is 0 Å². The van der Waals surface area contributed by atoms with E-state index in [4.69, 9.17) is 4.74 Å². The lowest BCUT2D eigenvalue weighted by Crippen LogP contribution is -2.12. The largest absolute Gasteiger partial charge is 0.363 e. The molecule has 2 N–H and O–H groups in total. The second-order valence-corrected chi connectivity index (χ2v) is 6.21. The Hall–Kier alpha value is -2.70. The first-order valence-corrected chi connectivity index (χ1v) is 8.76. The van der Waals surface area contributed by atoms with Crippen molar-refractivity contribution in [1.82, 2.24) is 14.5 Å². The maximum absolute atomic E-state index is 10.5. The second kappa shape index (κ2) is 8.12. The number of anilines is 2. The van der Waals surface area contributed by atoms with Crippen LogP contribution in [0.3, 0.4) is 0 Å². The maximum atomic E-state index is 10.5. The fourth-order valence-corrected chi connectivity index (χ4v) is 2.82. The van der Waals surface area contributed by atoms with Crippen LogP contribution in [0.5, 0.6) is 0 Å². The van der Waals surface area contributed by atoms with Gasteiger partial charge in [0.2, 0.25) is 6.29 Å². The first-order chi connectivity index (χ1) is 12.6. The highest BCUT2D eigenvalue weighted by Crippen LogP contribution is 2.30. The van der Waals surface area contributed by atoms with Crippen LogP contribution >= 0.6 is 0 Å². The van der Waals surface area contributed by atoms with Crippen LogP contribution in [0, 0.1) is 0 Å². The first kappa shape index (κ1) is 18.1. The number of benzene rings is 1. The van der Waals surface area contributed by atoms with Crippen molar-refractivity contribution in [2.24, 2.45) is 0 Å². The van der Waals surface area contributed by atoms with Crippen molar-refractivity contribution in [1.29, 1.82) is 0 Å². The summed E-state index contributed by atoms with van der Waals surface area (Å²) in [6.45, 7) is 6.46. The Balaban J connectivity index is 2.04. The average Bonchev–Trinajstić information content (AvgIpc) is 3.06. The Morgan fingerprint density at radius 2 is 1.85 bits per heavy atom. The van der Waals surface area contributed by atoms with Crippen LogP contribution in [-0.2, 0) is 4.74 Å². The molecule has 0 aliphatic rings. The summed E-state index contributed by atoms with van der Waals surface area (Å²) in [7, 11) is 0. The molecule has 0 spiro atoms. The van der Waals surface area contributed by atoms with E-state index < -0.39 is 6.29 Å².